The van der Waals surface area contributed by atoms with Crippen LogP contribution in [0.5, 0.6) is 11.5 Å². The van der Waals surface area contributed by atoms with Gasteiger partial charge in [-0.2, -0.15) is 0 Å². The van der Waals surface area contributed by atoms with E-state index in [4.69, 9.17) is 0 Å². The highest BCUT2D eigenvalue weighted by molar-refractivity contribution is 5.38. The van der Waals surface area contributed by atoms with Crippen LogP contribution in [0, 0.1) is 0 Å². The van der Waals surface area contributed by atoms with E-state index in [1.54, 1.807) is 18.3 Å². The van der Waals surface area contributed by atoms with Crippen molar-refractivity contribution in [3.05, 3.63) is 53.9 Å². The number of phenolic OH excluding ortho intramolecular Hbond substituents is 2. The van der Waals surface area contributed by atoms with E-state index in [0.29, 0.717) is 6.54 Å². The van der Waals surface area contributed by atoms with E-state index < -0.39 is 0 Å². The first kappa shape index (κ1) is 12.4. The zero-order chi connectivity index (χ0) is 13.0. The molecular weight excluding hydrogens is 228 g/mol. The molecule has 1 aromatic carbocycles. The van der Waals surface area contributed by atoms with Crippen molar-refractivity contribution in [3.8, 4) is 11.5 Å². The zero-order valence-corrected chi connectivity index (χ0v) is 10.2. The molecule has 1 atom stereocenters. The van der Waals surface area contributed by atoms with Crippen molar-refractivity contribution in [1.82, 2.24) is 10.3 Å². The molecular formula is C14H16N2O2. The van der Waals surface area contributed by atoms with Gasteiger partial charge in [0, 0.05) is 36.6 Å². The molecule has 1 aromatic heterocycles. The van der Waals surface area contributed by atoms with Gasteiger partial charge in [-0.3, -0.25) is 4.98 Å². The molecule has 2 rings (SSSR count). The third-order valence-electron chi connectivity index (χ3n) is 2.85. The van der Waals surface area contributed by atoms with Gasteiger partial charge in [0.2, 0.25) is 0 Å². The van der Waals surface area contributed by atoms with Crippen molar-refractivity contribution >= 4 is 0 Å². The molecule has 0 aliphatic rings. The molecule has 2 aromatic rings. The van der Waals surface area contributed by atoms with Crippen molar-refractivity contribution in [2.45, 2.75) is 19.5 Å². The van der Waals surface area contributed by atoms with Crippen LogP contribution in [0.2, 0.25) is 0 Å². The van der Waals surface area contributed by atoms with Gasteiger partial charge in [0.1, 0.15) is 11.5 Å². The first-order valence-electron chi connectivity index (χ1n) is 5.81. The van der Waals surface area contributed by atoms with Crippen molar-refractivity contribution in [2.75, 3.05) is 0 Å². The van der Waals surface area contributed by atoms with E-state index in [-0.39, 0.29) is 17.5 Å². The number of aromatic nitrogens is 1. The minimum Gasteiger partial charge on any atom is -0.508 e. The summed E-state index contributed by atoms with van der Waals surface area (Å²) in [5, 5.41) is 22.2. The molecule has 0 unspecified atom stereocenters. The van der Waals surface area contributed by atoms with E-state index in [1.165, 1.54) is 6.07 Å². The lowest BCUT2D eigenvalue weighted by molar-refractivity contribution is 0.441. The molecule has 94 valence electrons. The molecule has 0 spiro atoms. The lowest BCUT2D eigenvalue weighted by Gasteiger charge is -2.14. The monoisotopic (exact) mass is 244 g/mol. The first-order valence-corrected chi connectivity index (χ1v) is 5.81. The van der Waals surface area contributed by atoms with Gasteiger partial charge < -0.3 is 15.5 Å². The molecule has 0 fully saturated rings. The molecule has 4 heteroatoms. The highest BCUT2D eigenvalue weighted by Gasteiger charge is 2.07. The number of nitrogens with one attached hydrogen (secondary N) is 1. The van der Waals surface area contributed by atoms with Gasteiger partial charge in [-0.05, 0) is 24.6 Å². The van der Waals surface area contributed by atoms with Gasteiger partial charge in [0.15, 0.2) is 0 Å². The molecule has 3 N–H and O–H groups in total. The Morgan fingerprint density at radius 1 is 1.28 bits per heavy atom. The van der Waals surface area contributed by atoms with Gasteiger partial charge in [0.05, 0.1) is 0 Å². The Morgan fingerprint density at radius 2 is 2.11 bits per heavy atom. The van der Waals surface area contributed by atoms with Crippen molar-refractivity contribution in [1.29, 1.82) is 0 Å². The third kappa shape index (κ3) is 2.99. The number of phenols is 2. The van der Waals surface area contributed by atoms with Crippen LogP contribution >= 0.6 is 0 Å². The summed E-state index contributed by atoms with van der Waals surface area (Å²) < 4.78 is 0. The first-order chi connectivity index (χ1) is 8.66. The predicted octanol–water partition coefficient (Wildman–Crippen LogP) is 2.34. The second kappa shape index (κ2) is 5.51. The standard InChI is InChI=1S/C14H16N2O2/c1-10(11-3-2-6-15-8-11)16-9-12-4-5-13(17)7-14(12)18/h2-8,10,16-18H,9H2,1H3/t10-/m1/s1. The quantitative estimate of drug-likeness (QED) is 0.772. The van der Waals surface area contributed by atoms with E-state index >= 15 is 0 Å². The fourth-order valence-corrected chi connectivity index (χ4v) is 1.71. The number of hydrogen-bond acceptors (Lipinski definition) is 4. The topological polar surface area (TPSA) is 65.4 Å². The fraction of sp³-hybridized carbons (Fsp3) is 0.214. The molecule has 0 saturated carbocycles. The van der Waals surface area contributed by atoms with Gasteiger partial charge in [0.25, 0.3) is 0 Å². The summed E-state index contributed by atoms with van der Waals surface area (Å²) in [5.41, 5.74) is 1.85. The van der Waals surface area contributed by atoms with E-state index in [2.05, 4.69) is 10.3 Å². The van der Waals surface area contributed by atoms with Crippen LogP contribution in [0.3, 0.4) is 0 Å². The summed E-state index contributed by atoms with van der Waals surface area (Å²) in [4.78, 5) is 4.07. The molecule has 0 saturated heterocycles. The zero-order valence-electron chi connectivity index (χ0n) is 10.2. The maximum atomic E-state index is 9.66. The highest BCUT2D eigenvalue weighted by atomic mass is 16.3. The van der Waals surface area contributed by atoms with Gasteiger partial charge in [-0.25, -0.2) is 0 Å². The Labute approximate surface area is 106 Å². The SMILES string of the molecule is C[C@@H](NCc1ccc(O)cc1O)c1cccnc1. The highest BCUT2D eigenvalue weighted by Crippen LogP contribution is 2.23. The van der Waals surface area contributed by atoms with E-state index in [0.717, 1.165) is 11.1 Å². The molecule has 0 aliphatic carbocycles. The summed E-state index contributed by atoms with van der Waals surface area (Å²) in [6.07, 6.45) is 3.55. The molecule has 0 radical (unpaired) electrons. The smallest absolute Gasteiger partial charge is 0.123 e. The largest absolute Gasteiger partial charge is 0.508 e. The Balaban J connectivity index is 1.99. The normalized spacial score (nSPS) is 12.3. The average Bonchev–Trinajstić information content (AvgIpc) is 2.38. The van der Waals surface area contributed by atoms with Gasteiger partial charge >= 0.3 is 0 Å². The number of nitrogens with zero attached hydrogens (tertiary/aromatic N) is 1. The number of rotatable bonds is 4. The molecule has 4 nitrogen and oxygen atoms in total. The van der Waals surface area contributed by atoms with Crippen molar-refractivity contribution in [2.24, 2.45) is 0 Å². The molecule has 18 heavy (non-hydrogen) atoms. The minimum absolute atomic E-state index is 0.0663. The van der Waals surface area contributed by atoms with Gasteiger partial charge in [-0.15, -0.1) is 0 Å². The number of benzene rings is 1. The van der Waals surface area contributed by atoms with Crippen LogP contribution in [0.1, 0.15) is 24.1 Å². The summed E-state index contributed by atoms with van der Waals surface area (Å²) in [6, 6.07) is 8.64. The van der Waals surface area contributed by atoms with Crippen LogP contribution in [-0.2, 0) is 6.54 Å². The lowest BCUT2D eigenvalue weighted by atomic mass is 10.1. The minimum atomic E-state index is 0.0663. The van der Waals surface area contributed by atoms with Crippen LogP contribution in [-0.4, -0.2) is 15.2 Å². The van der Waals surface area contributed by atoms with Crippen LogP contribution in [0.25, 0.3) is 0 Å². The molecule has 0 amide bonds. The Hall–Kier alpha value is -2.07. The summed E-state index contributed by atoms with van der Waals surface area (Å²) in [7, 11) is 0. The molecule has 0 bridgehead atoms. The van der Waals surface area contributed by atoms with E-state index in [1.807, 2.05) is 25.3 Å². The summed E-state index contributed by atoms with van der Waals surface area (Å²) in [5.74, 6) is 0.164. The Bertz CT molecular complexity index is 514. The number of pyridine rings is 1. The number of hydrogen-bond donors (Lipinski definition) is 3. The van der Waals surface area contributed by atoms with Gasteiger partial charge in [-0.1, -0.05) is 12.1 Å². The molecule has 0 aliphatic heterocycles. The third-order valence-corrected chi connectivity index (χ3v) is 2.85. The van der Waals surface area contributed by atoms with Crippen molar-refractivity contribution < 1.29 is 10.2 Å². The van der Waals surface area contributed by atoms with Crippen molar-refractivity contribution in [3.63, 3.8) is 0 Å². The fourth-order valence-electron chi connectivity index (χ4n) is 1.71. The predicted molar refractivity (Wildman–Crippen MR) is 69.3 cm³/mol. The molecule has 1 heterocycles. The van der Waals surface area contributed by atoms with Crippen LogP contribution in [0.15, 0.2) is 42.7 Å². The maximum absolute atomic E-state index is 9.66. The summed E-state index contributed by atoms with van der Waals surface area (Å²) in [6.45, 7) is 2.57. The summed E-state index contributed by atoms with van der Waals surface area (Å²) >= 11 is 0. The second-order valence-electron chi connectivity index (χ2n) is 4.20. The second-order valence-corrected chi connectivity index (χ2v) is 4.20. The number of aromatic hydroxyl groups is 2. The van der Waals surface area contributed by atoms with Crippen LogP contribution < -0.4 is 5.32 Å². The maximum Gasteiger partial charge on any atom is 0.123 e. The Kier molecular flexibility index (Phi) is 3.79. The van der Waals surface area contributed by atoms with Crippen LogP contribution in [0.4, 0.5) is 0 Å². The van der Waals surface area contributed by atoms with E-state index in [9.17, 15) is 10.2 Å². The Morgan fingerprint density at radius 3 is 2.78 bits per heavy atom. The lowest BCUT2D eigenvalue weighted by Crippen LogP contribution is -2.18. The average molecular weight is 244 g/mol.